The maximum absolute atomic E-state index is 12.3. The zero-order valence-electron chi connectivity index (χ0n) is 19.2. The minimum atomic E-state index is -4.76. The predicted molar refractivity (Wildman–Crippen MR) is 122 cm³/mol. The van der Waals surface area contributed by atoms with Gasteiger partial charge in [0, 0.05) is 12.0 Å². The van der Waals surface area contributed by atoms with Crippen molar-refractivity contribution in [2.75, 3.05) is 0 Å². The summed E-state index contributed by atoms with van der Waals surface area (Å²) >= 11 is 0. The summed E-state index contributed by atoms with van der Waals surface area (Å²) in [6.45, 7) is 3.91. The Hall–Kier alpha value is -4.41. The molecule has 0 saturated carbocycles. The number of oxazole rings is 2. The lowest BCUT2D eigenvalue weighted by Gasteiger charge is -2.09. The van der Waals surface area contributed by atoms with E-state index < -0.39 is 12.1 Å². The van der Waals surface area contributed by atoms with Crippen LogP contribution in [0.5, 0.6) is 17.4 Å². The first-order chi connectivity index (χ1) is 17.1. The van der Waals surface area contributed by atoms with Gasteiger partial charge in [0.05, 0.1) is 0 Å². The molecule has 2 N–H and O–H groups in total. The quantitative estimate of drug-likeness (QED) is 0.315. The number of halogens is 3. The highest BCUT2D eigenvalue weighted by Crippen LogP contribution is 2.27. The number of aromatic amines is 1. The van der Waals surface area contributed by atoms with Crippen LogP contribution in [0.25, 0.3) is 17.0 Å². The lowest BCUT2D eigenvalue weighted by atomic mass is 10.0. The summed E-state index contributed by atoms with van der Waals surface area (Å²) in [6, 6.07) is 10.8. The fourth-order valence-corrected chi connectivity index (χ4v) is 3.38. The highest BCUT2D eigenvalue weighted by molar-refractivity contribution is 5.66. The van der Waals surface area contributed by atoms with Gasteiger partial charge in [-0.2, -0.15) is 0 Å². The first-order valence-corrected chi connectivity index (χ1v) is 10.7. The van der Waals surface area contributed by atoms with Crippen molar-refractivity contribution in [3.05, 3.63) is 87.9 Å². The van der Waals surface area contributed by atoms with Gasteiger partial charge in [0.15, 0.2) is 5.76 Å². The minimum absolute atomic E-state index is 0.104. The molecular weight excluding hydrogens is 481 g/mol. The molecule has 0 amide bonds. The molecule has 0 saturated heterocycles. The molecule has 36 heavy (non-hydrogen) atoms. The van der Waals surface area contributed by atoms with Gasteiger partial charge in [0.25, 0.3) is 0 Å². The molecule has 2 heterocycles. The summed E-state index contributed by atoms with van der Waals surface area (Å²) in [5, 5.41) is 9.65. The highest BCUT2D eigenvalue weighted by atomic mass is 19.4. The summed E-state index contributed by atoms with van der Waals surface area (Å²) < 4.78 is 57.0. The molecule has 0 bridgehead atoms. The van der Waals surface area contributed by atoms with Crippen molar-refractivity contribution >= 4 is 5.57 Å². The number of aromatic hydroxyl groups is 1. The van der Waals surface area contributed by atoms with E-state index in [9.17, 15) is 23.1 Å². The second-order valence-corrected chi connectivity index (χ2v) is 7.92. The summed E-state index contributed by atoms with van der Waals surface area (Å²) in [6.07, 6.45) is -1.30. The Bertz CT molecular complexity index is 1430. The van der Waals surface area contributed by atoms with Crippen molar-refractivity contribution in [1.29, 1.82) is 0 Å². The topological polar surface area (TPSA) is 111 Å². The van der Waals surface area contributed by atoms with Crippen LogP contribution in [0.15, 0.2) is 68.4 Å². The van der Waals surface area contributed by atoms with Crippen molar-refractivity contribution in [2.45, 2.75) is 33.2 Å². The summed E-state index contributed by atoms with van der Waals surface area (Å²) in [5.74, 6) is -0.385. The van der Waals surface area contributed by atoms with Gasteiger partial charge in [-0.05, 0) is 66.9 Å². The maximum atomic E-state index is 12.3. The van der Waals surface area contributed by atoms with Crippen LogP contribution >= 0.6 is 0 Å². The maximum Gasteiger partial charge on any atom is 0.573 e. The molecule has 0 atom stereocenters. The largest absolute Gasteiger partial charge is 0.573 e. The number of hydrogen-bond acceptors (Lipinski definition) is 7. The Balaban J connectivity index is 1.41. The zero-order chi connectivity index (χ0) is 25.9. The molecule has 188 valence electrons. The lowest BCUT2D eigenvalue weighted by Crippen LogP contribution is -2.16. The van der Waals surface area contributed by atoms with E-state index in [1.807, 2.05) is 38.1 Å². The van der Waals surface area contributed by atoms with E-state index >= 15 is 0 Å². The molecule has 0 aliphatic carbocycles. The predicted octanol–water partition coefficient (Wildman–Crippen LogP) is 5.76. The van der Waals surface area contributed by atoms with Crippen LogP contribution in [-0.2, 0) is 13.0 Å². The van der Waals surface area contributed by atoms with E-state index in [-0.39, 0.29) is 36.3 Å². The number of H-pyrrole nitrogens is 1. The Morgan fingerprint density at radius 1 is 1.17 bits per heavy atom. The van der Waals surface area contributed by atoms with Crippen molar-refractivity contribution in [3.63, 3.8) is 0 Å². The molecule has 0 unspecified atom stereocenters. The van der Waals surface area contributed by atoms with Crippen LogP contribution in [0.3, 0.4) is 0 Å². The van der Waals surface area contributed by atoms with Gasteiger partial charge in [-0.15, -0.1) is 13.2 Å². The monoisotopic (exact) mass is 502 g/mol. The van der Waals surface area contributed by atoms with Crippen molar-refractivity contribution in [2.24, 2.45) is 0 Å². The van der Waals surface area contributed by atoms with E-state index in [4.69, 9.17) is 13.6 Å². The van der Waals surface area contributed by atoms with Gasteiger partial charge in [-0.1, -0.05) is 12.1 Å². The number of rotatable bonds is 8. The molecule has 0 spiro atoms. The Kier molecular flexibility index (Phi) is 6.91. The lowest BCUT2D eigenvalue weighted by molar-refractivity contribution is -0.274. The fraction of sp³-hybridized carbons (Fsp3) is 0.200. The average Bonchev–Trinajstić information content (AvgIpc) is 3.41. The van der Waals surface area contributed by atoms with Gasteiger partial charge < -0.3 is 23.4 Å². The van der Waals surface area contributed by atoms with Crippen LogP contribution in [0, 0.1) is 6.92 Å². The van der Waals surface area contributed by atoms with E-state index in [2.05, 4.69) is 14.7 Å². The second kappa shape index (κ2) is 10.1. The second-order valence-electron chi connectivity index (χ2n) is 7.92. The molecule has 0 aliphatic rings. The number of alkyl halides is 3. The molecule has 2 aromatic heterocycles. The number of aryl methyl sites for hydroxylation is 1. The highest BCUT2D eigenvalue weighted by Gasteiger charge is 2.31. The van der Waals surface area contributed by atoms with Crippen molar-refractivity contribution in [1.82, 2.24) is 9.97 Å². The Labute approximate surface area is 202 Å². The van der Waals surface area contributed by atoms with E-state index in [0.29, 0.717) is 17.0 Å². The third-order valence-corrected chi connectivity index (χ3v) is 5.07. The van der Waals surface area contributed by atoms with E-state index in [0.717, 1.165) is 16.7 Å². The number of allylic oxidation sites excluding steroid dienone is 2. The average molecular weight is 502 g/mol. The molecule has 4 rings (SSSR count). The summed E-state index contributed by atoms with van der Waals surface area (Å²) in [4.78, 5) is 17.7. The van der Waals surface area contributed by atoms with Gasteiger partial charge in [-0.25, -0.2) is 9.78 Å². The summed E-state index contributed by atoms with van der Waals surface area (Å²) in [7, 11) is 0. The first kappa shape index (κ1) is 24.7. The first-order valence-electron chi connectivity index (χ1n) is 10.7. The van der Waals surface area contributed by atoms with Crippen LogP contribution in [0.1, 0.15) is 29.5 Å². The van der Waals surface area contributed by atoms with Crippen LogP contribution in [-0.4, -0.2) is 21.4 Å². The molecule has 0 radical (unpaired) electrons. The number of aromatic nitrogens is 2. The van der Waals surface area contributed by atoms with Crippen LogP contribution in [0.4, 0.5) is 13.2 Å². The van der Waals surface area contributed by atoms with Gasteiger partial charge in [0.1, 0.15) is 30.1 Å². The van der Waals surface area contributed by atoms with Crippen molar-refractivity contribution < 1.29 is 36.6 Å². The molecule has 8 nitrogen and oxygen atoms in total. The molecule has 2 aromatic carbocycles. The number of benzene rings is 2. The number of nitrogens with one attached hydrogen (secondary N) is 1. The molecule has 0 aliphatic heterocycles. The Morgan fingerprint density at radius 2 is 1.92 bits per heavy atom. The minimum Gasteiger partial charge on any atom is -0.492 e. The number of nitrogens with zero attached hydrogens (tertiary/aromatic N) is 1. The van der Waals surface area contributed by atoms with Crippen LogP contribution in [0.2, 0.25) is 0 Å². The van der Waals surface area contributed by atoms with E-state index in [1.165, 1.54) is 30.5 Å². The third-order valence-electron chi connectivity index (χ3n) is 5.07. The number of hydrogen-bond donors (Lipinski definition) is 2. The molecule has 11 heteroatoms. The Morgan fingerprint density at radius 3 is 2.58 bits per heavy atom. The molecular formula is C25H21F3N2O6. The molecule has 4 aromatic rings. The normalized spacial score (nSPS) is 12.1. The van der Waals surface area contributed by atoms with E-state index in [1.54, 1.807) is 0 Å². The van der Waals surface area contributed by atoms with Crippen LogP contribution < -0.4 is 15.2 Å². The zero-order valence-corrected chi connectivity index (χ0v) is 19.2. The SMILES string of the molecule is CC(=CCc1oc(=O)[nH]c1O)c1cc(C)cc(OCc2coc(-c3ccc(OC(F)(F)F)cc3)n2)c1. The third kappa shape index (κ3) is 6.38. The fourth-order valence-electron chi connectivity index (χ4n) is 3.38. The molecule has 0 fully saturated rings. The van der Waals surface area contributed by atoms with Crippen molar-refractivity contribution in [3.8, 4) is 28.8 Å². The van der Waals surface area contributed by atoms with Gasteiger partial charge in [0.2, 0.25) is 11.8 Å². The standard InChI is InChI=1S/C25H21F3N2O6/c1-14-9-17(15(2)3-8-21-22(31)30-24(32)35-21)11-20(10-14)33-12-18-13-34-23(29-18)16-4-6-19(7-5-16)36-25(26,27)28/h3-7,9-11,13,31H,8,12H2,1-2H3,(H,30,32). The smallest absolute Gasteiger partial charge is 0.492 e. The van der Waals surface area contributed by atoms with Gasteiger partial charge >= 0.3 is 12.1 Å². The van der Waals surface area contributed by atoms with Gasteiger partial charge in [-0.3, -0.25) is 4.98 Å². The number of ether oxygens (including phenoxy) is 2. The summed E-state index contributed by atoms with van der Waals surface area (Å²) in [5.41, 5.74) is 3.69.